The van der Waals surface area contributed by atoms with Gasteiger partial charge in [-0.3, -0.25) is 4.79 Å². The Bertz CT molecular complexity index is 551. The summed E-state index contributed by atoms with van der Waals surface area (Å²) in [7, 11) is 0.166. The van der Waals surface area contributed by atoms with Crippen LogP contribution in [0.1, 0.15) is 54.7 Å². The lowest BCUT2D eigenvalue weighted by atomic mass is 9.81. The summed E-state index contributed by atoms with van der Waals surface area (Å²) in [5.74, 6) is 2.37. The van der Waals surface area contributed by atoms with Crippen LogP contribution in [0.4, 0.5) is 0 Å². The fraction of sp³-hybridized carbons (Fsp3) is 0.632. The van der Waals surface area contributed by atoms with Gasteiger partial charge in [-0.25, -0.2) is 0 Å². The van der Waals surface area contributed by atoms with Crippen LogP contribution >= 0.6 is 0 Å². The summed E-state index contributed by atoms with van der Waals surface area (Å²) in [5, 5.41) is 0.110. The molecule has 0 spiro atoms. The van der Waals surface area contributed by atoms with E-state index in [1.54, 1.807) is 0 Å². The third-order valence-corrected chi connectivity index (χ3v) is 7.21. The molecule has 1 saturated heterocycles. The highest BCUT2D eigenvalue weighted by atomic mass is 32.2. The molecule has 0 aromatic heterocycles. The molecule has 0 radical (unpaired) electrons. The van der Waals surface area contributed by atoms with Crippen molar-refractivity contribution in [2.45, 2.75) is 52.2 Å². The Morgan fingerprint density at radius 3 is 2.32 bits per heavy atom. The smallest absolute Gasteiger partial charge is 0.214 e. The van der Waals surface area contributed by atoms with E-state index in [9.17, 15) is 4.79 Å². The predicted molar refractivity (Wildman–Crippen MR) is 96.3 cm³/mol. The molecule has 122 valence electrons. The van der Waals surface area contributed by atoms with Gasteiger partial charge in [0.25, 0.3) is 0 Å². The van der Waals surface area contributed by atoms with Crippen molar-refractivity contribution in [2.24, 2.45) is 0 Å². The summed E-state index contributed by atoms with van der Waals surface area (Å²) in [5.41, 5.74) is 4.77. The largest absolute Gasteiger partial charge is 0.372 e. The first-order valence-corrected chi connectivity index (χ1v) is 9.74. The summed E-state index contributed by atoms with van der Waals surface area (Å²) in [6.45, 7) is 14.6. The molecular weight excluding hydrogens is 292 g/mol. The van der Waals surface area contributed by atoms with Gasteiger partial charge in [0, 0.05) is 16.5 Å². The highest BCUT2D eigenvalue weighted by Crippen LogP contribution is 2.29. The first-order valence-electron chi connectivity index (χ1n) is 8.12. The molecule has 2 rings (SSSR count). The molecule has 0 amide bonds. The lowest BCUT2D eigenvalue weighted by molar-refractivity contribution is 0.0991. The van der Waals surface area contributed by atoms with Gasteiger partial charge in [-0.1, -0.05) is 20.8 Å². The van der Waals surface area contributed by atoms with Gasteiger partial charge in [0.2, 0.25) is 5.78 Å². The third-order valence-electron chi connectivity index (χ3n) is 4.61. The molecule has 0 N–H and O–H groups in total. The van der Waals surface area contributed by atoms with Crippen LogP contribution in [0.25, 0.3) is 0 Å². The van der Waals surface area contributed by atoms with Crippen molar-refractivity contribution in [2.75, 3.05) is 24.7 Å². The number of hydrogen-bond acceptors (Lipinski definition) is 2. The van der Waals surface area contributed by atoms with Gasteiger partial charge in [0.15, 0.2) is 5.25 Å². The first-order chi connectivity index (χ1) is 10.2. The minimum Gasteiger partial charge on any atom is -0.372 e. The highest BCUT2D eigenvalue weighted by molar-refractivity contribution is 7.98. The van der Waals surface area contributed by atoms with Crippen molar-refractivity contribution in [3.05, 3.63) is 34.4 Å². The molecule has 2 nitrogen and oxygen atoms in total. The second kappa shape index (κ2) is 6.76. The number of hydrogen-bond donors (Lipinski definition) is 0. The number of rotatable bonds is 3. The number of ether oxygens (including phenoxy) is 1. The van der Waals surface area contributed by atoms with E-state index in [0.29, 0.717) is 5.78 Å². The SMILES string of the molecule is Cc1cc(C(=O)C(C)[S+]2CCOCC2)cc(C(C)(C)C)c1C. The predicted octanol–water partition coefficient (Wildman–Crippen LogP) is 3.82. The van der Waals surface area contributed by atoms with Gasteiger partial charge >= 0.3 is 0 Å². The van der Waals surface area contributed by atoms with E-state index < -0.39 is 0 Å². The highest BCUT2D eigenvalue weighted by Gasteiger charge is 2.35. The van der Waals surface area contributed by atoms with Crippen molar-refractivity contribution in [1.29, 1.82) is 0 Å². The average molecular weight is 322 g/mol. The van der Waals surface area contributed by atoms with Crippen molar-refractivity contribution in [1.82, 2.24) is 0 Å². The maximum Gasteiger partial charge on any atom is 0.214 e. The maximum absolute atomic E-state index is 13.0. The van der Waals surface area contributed by atoms with Crippen LogP contribution in [0.3, 0.4) is 0 Å². The minimum atomic E-state index is 0.0648. The van der Waals surface area contributed by atoms with Gasteiger partial charge in [-0.2, -0.15) is 0 Å². The third kappa shape index (κ3) is 3.75. The molecule has 0 saturated carbocycles. The van der Waals surface area contributed by atoms with Gasteiger partial charge in [0.1, 0.15) is 11.5 Å². The number of Topliss-reactive ketones (excluding diaryl/α,β-unsaturated/α-hetero) is 1. The number of carbonyl (C=O) groups is 1. The van der Waals surface area contributed by atoms with Gasteiger partial charge < -0.3 is 4.74 Å². The Labute approximate surface area is 138 Å². The van der Waals surface area contributed by atoms with Crippen molar-refractivity contribution >= 4 is 16.7 Å². The van der Waals surface area contributed by atoms with Crippen LogP contribution in [0, 0.1) is 13.8 Å². The molecule has 3 heteroatoms. The zero-order chi connectivity index (χ0) is 16.5. The lowest BCUT2D eigenvalue weighted by Gasteiger charge is -2.25. The first kappa shape index (κ1) is 17.6. The average Bonchev–Trinajstić information content (AvgIpc) is 2.48. The lowest BCUT2D eigenvalue weighted by Crippen LogP contribution is -2.38. The molecule has 1 aliphatic heterocycles. The van der Waals surface area contributed by atoms with Gasteiger partial charge in [-0.05, 0) is 55.0 Å². The molecule has 1 heterocycles. The normalized spacial score (nSPS) is 18.3. The number of aryl methyl sites for hydroxylation is 1. The Kier molecular flexibility index (Phi) is 5.39. The Morgan fingerprint density at radius 2 is 1.77 bits per heavy atom. The van der Waals surface area contributed by atoms with Crippen LogP contribution in [0.15, 0.2) is 12.1 Å². The Balaban J connectivity index is 2.31. The zero-order valence-electron chi connectivity index (χ0n) is 14.8. The maximum atomic E-state index is 13.0. The number of carbonyl (C=O) groups excluding carboxylic acids is 1. The molecule has 1 atom stereocenters. The monoisotopic (exact) mass is 321 g/mol. The van der Waals surface area contributed by atoms with Crippen LogP contribution in [-0.4, -0.2) is 35.8 Å². The summed E-state index contributed by atoms with van der Waals surface area (Å²) < 4.78 is 5.43. The van der Waals surface area contributed by atoms with Crippen LogP contribution in [0.5, 0.6) is 0 Å². The van der Waals surface area contributed by atoms with E-state index in [2.05, 4.69) is 53.7 Å². The van der Waals surface area contributed by atoms with E-state index in [-0.39, 0.29) is 21.6 Å². The molecule has 1 aromatic carbocycles. The summed E-state index contributed by atoms with van der Waals surface area (Å²) in [6.07, 6.45) is 0. The van der Waals surface area contributed by atoms with Crippen molar-refractivity contribution < 1.29 is 9.53 Å². The second-order valence-corrected chi connectivity index (χ2v) is 9.88. The van der Waals surface area contributed by atoms with Gasteiger partial charge in [-0.15, -0.1) is 0 Å². The second-order valence-electron chi connectivity index (χ2n) is 7.28. The molecule has 1 aliphatic rings. The quantitative estimate of drug-likeness (QED) is 0.625. The van der Waals surface area contributed by atoms with Crippen LogP contribution in [0.2, 0.25) is 0 Å². The van der Waals surface area contributed by atoms with Crippen LogP contribution in [-0.2, 0) is 21.0 Å². The van der Waals surface area contributed by atoms with E-state index in [1.165, 1.54) is 16.7 Å². The molecule has 0 aliphatic carbocycles. The van der Waals surface area contributed by atoms with Crippen molar-refractivity contribution in [3.63, 3.8) is 0 Å². The Morgan fingerprint density at radius 1 is 1.18 bits per heavy atom. The summed E-state index contributed by atoms with van der Waals surface area (Å²) in [6, 6.07) is 4.21. The fourth-order valence-electron chi connectivity index (χ4n) is 3.06. The number of ketones is 1. The summed E-state index contributed by atoms with van der Waals surface area (Å²) >= 11 is 0. The van der Waals surface area contributed by atoms with E-state index in [1.807, 2.05) is 0 Å². The number of benzene rings is 1. The van der Waals surface area contributed by atoms with E-state index in [0.717, 1.165) is 30.3 Å². The van der Waals surface area contributed by atoms with Gasteiger partial charge in [0.05, 0.1) is 13.2 Å². The summed E-state index contributed by atoms with van der Waals surface area (Å²) in [4.78, 5) is 13.0. The molecule has 22 heavy (non-hydrogen) atoms. The topological polar surface area (TPSA) is 26.3 Å². The van der Waals surface area contributed by atoms with Crippen LogP contribution < -0.4 is 0 Å². The molecule has 1 fully saturated rings. The molecule has 0 bridgehead atoms. The van der Waals surface area contributed by atoms with E-state index >= 15 is 0 Å². The zero-order valence-corrected chi connectivity index (χ0v) is 15.6. The minimum absolute atomic E-state index is 0.0648. The molecule has 1 unspecified atom stereocenters. The Hall–Kier alpha value is -0.800. The van der Waals surface area contributed by atoms with E-state index in [4.69, 9.17) is 4.74 Å². The standard InChI is InChI=1S/C19H29O2S/c1-13-11-16(12-17(14(13)2)19(4,5)6)18(20)15(3)22-9-7-21-8-10-22/h11-12,15H,7-10H2,1-6H3/q+1. The fourth-order valence-corrected chi connectivity index (χ4v) is 5.07. The van der Waals surface area contributed by atoms with Crippen molar-refractivity contribution in [3.8, 4) is 0 Å². The molecular formula is C19H29O2S+. The molecule has 1 aromatic rings.